The SMILES string of the molecule is O=C(NCCCCN1CCCC1CO)c1csc(-c2ccoc2)n1. The van der Waals surface area contributed by atoms with Gasteiger partial charge in [-0.05, 0) is 44.8 Å². The number of hydrogen-bond acceptors (Lipinski definition) is 6. The molecule has 1 atom stereocenters. The van der Waals surface area contributed by atoms with Crippen molar-refractivity contribution in [3.8, 4) is 10.6 Å². The number of nitrogens with one attached hydrogen (secondary N) is 1. The van der Waals surface area contributed by atoms with E-state index in [1.54, 1.807) is 17.9 Å². The van der Waals surface area contributed by atoms with Crippen LogP contribution in [-0.2, 0) is 0 Å². The second kappa shape index (κ2) is 8.41. The summed E-state index contributed by atoms with van der Waals surface area (Å²) in [6, 6.07) is 2.16. The van der Waals surface area contributed by atoms with Gasteiger partial charge in [-0.3, -0.25) is 9.69 Å². The molecular formula is C17H23N3O3S. The third-order valence-corrected chi connectivity index (χ3v) is 5.26. The molecule has 1 aliphatic heterocycles. The maximum atomic E-state index is 12.1. The summed E-state index contributed by atoms with van der Waals surface area (Å²) in [4.78, 5) is 18.8. The molecule has 1 fully saturated rings. The number of carbonyl (C=O) groups excluding carboxylic acids is 1. The zero-order valence-corrected chi connectivity index (χ0v) is 14.4. The number of hydrogen-bond donors (Lipinski definition) is 2. The van der Waals surface area contributed by atoms with Crippen molar-refractivity contribution < 1.29 is 14.3 Å². The Morgan fingerprint density at radius 3 is 3.21 bits per heavy atom. The average molecular weight is 349 g/mol. The number of aliphatic hydroxyl groups excluding tert-OH is 1. The van der Waals surface area contributed by atoms with Crippen molar-refractivity contribution >= 4 is 17.2 Å². The number of unbranched alkanes of at least 4 members (excludes halogenated alkanes) is 1. The molecule has 1 unspecified atom stereocenters. The van der Waals surface area contributed by atoms with Gasteiger partial charge in [0.2, 0.25) is 0 Å². The van der Waals surface area contributed by atoms with Crippen LogP contribution >= 0.6 is 11.3 Å². The van der Waals surface area contributed by atoms with Gasteiger partial charge >= 0.3 is 0 Å². The summed E-state index contributed by atoms with van der Waals surface area (Å²) in [5, 5.41) is 14.8. The fourth-order valence-electron chi connectivity index (χ4n) is 3.03. The fourth-order valence-corrected chi connectivity index (χ4v) is 3.81. The van der Waals surface area contributed by atoms with Crippen LogP contribution < -0.4 is 5.32 Å². The highest BCUT2D eigenvalue weighted by Gasteiger charge is 2.22. The molecule has 130 valence electrons. The van der Waals surface area contributed by atoms with Crippen molar-refractivity contribution in [3.05, 3.63) is 29.7 Å². The Morgan fingerprint density at radius 1 is 1.50 bits per heavy atom. The molecule has 24 heavy (non-hydrogen) atoms. The van der Waals surface area contributed by atoms with Gasteiger partial charge in [0.25, 0.3) is 5.91 Å². The predicted octanol–water partition coefficient (Wildman–Crippen LogP) is 2.37. The fraction of sp³-hybridized carbons (Fsp3) is 0.529. The Hall–Kier alpha value is -1.70. The molecule has 0 bridgehead atoms. The monoisotopic (exact) mass is 349 g/mol. The maximum Gasteiger partial charge on any atom is 0.270 e. The number of furan rings is 1. The Kier molecular flexibility index (Phi) is 6.01. The maximum absolute atomic E-state index is 12.1. The van der Waals surface area contributed by atoms with Gasteiger partial charge in [0.1, 0.15) is 17.0 Å². The highest BCUT2D eigenvalue weighted by atomic mass is 32.1. The molecule has 2 aromatic rings. The van der Waals surface area contributed by atoms with E-state index in [4.69, 9.17) is 4.42 Å². The Bertz CT molecular complexity index is 641. The molecule has 1 amide bonds. The largest absolute Gasteiger partial charge is 0.472 e. The zero-order chi connectivity index (χ0) is 16.8. The minimum Gasteiger partial charge on any atom is -0.472 e. The number of amides is 1. The van der Waals surface area contributed by atoms with Gasteiger partial charge in [-0.1, -0.05) is 0 Å². The van der Waals surface area contributed by atoms with E-state index in [1.807, 2.05) is 6.07 Å². The van der Waals surface area contributed by atoms with Crippen LogP contribution in [0, 0.1) is 0 Å². The van der Waals surface area contributed by atoms with Crippen LogP contribution in [-0.4, -0.2) is 53.2 Å². The van der Waals surface area contributed by atoms with E-state index in [-0.39, 0.29) is 12.5 Å². The Labute approximate surface area is 145 Å². The topological polar surface area (TPSA) is 78.6 Å². The van der Waals surface area contributed by atoms with Gasteiger partial charge in [0, 0.05) is 23.5 Å². The number of rotatable bonds is 8. The molecule has 0 saturated carbocycles. The van der Waals surface area contributed by atoms with Crippen molar-refractivity contribution in [1.29, 1.82) is 0 Å². The molecule has 0 aromatic carbocycles. The van der Waals surface area contributed by atoms with E-state index >= 15 is 0 Å². The lowest BCUT2D eigenvalue weighted by Gasteiger charge is -2.22. The lowest BCUT2D eigenvalue weighted by Crippen LogP contribution is -2.33. The molecule has 3 heterocycles. The van der Waals surface area contributed by atoms with Crippen LogP contribution in [0.2, 0.25) is 0 Å². The van der Waals surface area contributed by atoms with Crippen LogP contribution in [0.1, 0.15) is 36.2 Å². The van der Waals surface area contributed by atoms with Gasteiger partial charge in [-0.15, -0.1) is 11.3 Å². The average Bonchev–Trinajstić information content (AvgIpc) is 3.33. The quantitative estimate of drug-likeness (QED) is 0.716. The number of likely N-dealkylation sites (tertiary alicyclic amines) is 1. The summed E-state index contributed by atoms with van der Waals surface area (Å²) in [5.74, 6) is -0.129. The van der Waals surface area contributed by atoms with E-state index in [1.165, 1.54) is 17.8 Å². The van der Waals surface area contributed by atoms with Gasteiger partial charge in [-0.2, -0.15) is 0 Å². The van der Waals surface area contributed by atoms with Crippen LogP contribution in [0.25, 0.3) is 10.6 Å². The van der Waals surface area contributed by atoms with E-state index in [9.17, 15) is 9.90 Å². The number of aromatic nitrogens is 1. The van der Waals surface area contributed by atoms with Gasteiger partial charge in [0.05, 0.1) is 12.9 Å². The first-order valence-electron chi connectivity index (χ1n) is 8.39. The molecule has 1 saturated heterocycles. The van der Waals surface area contributed by atoms with Crippen LogP contribution in [0.15, 0.2) is 28.4 Å². The lowest BCUT2D eigenvalue weighted by atomic mass is 10.2. The molecule has 0 spiro atoms. The number of thiazole rings is 1. The summed E-state index contributed by atoms with van der Waals surface area (Å²) in [5.41, 5.74) is 1.35. The van der Waals surface area contributed by atoms with Crippen molar-refractivity contribution in [2.45, 2.75) is 31.7 Å². The summed E-state index contributed by atoms with van der Waals surface area (Å²) in [7, 11) is 0. The standard InChI is InChI=1S/C17H23N3O3S/c21-10-14-4-3-8-20(14)7-2-1-6-18-16(22)15-12-24-17(19-15)13-5-9-23-11-13/h5,9,11-12,14,21H,1-4,6-8,10H2,(H,18,22). The zero-order valence-electron chi connectivity index (χ0n) is 13.6. The molecule has 2 aromatic heterocycles. The Balaban J connectivity index is 1.37. The van der Waals surface area contributed by atoms with Crippen molar-refractivity contribution in [2.24, 2.45) is 0 Å². The third kappa shape index (κ3) is 4.23. The van der Waals surface area contributed by atoms with E-state index < -0.39 is 0 Å². The number of carbonyl (C=O) groups is 1. The van der Waals surface area contributed by atoms with Crippen molar-refractivity contribution in [1.82, 2.24) is 15.2 Å². The smallest absolute Gasteiger partial charge is 0.270 e. The van der Waals surface area contributed by atoms with Crippen molar-refractivity contribution in [2.75, 3.05) is 26.2 Å². The number of aliphatic hydroxyl groups is 1. The second-order valence-corrected chi connectivity index (χ2v) is 6.89. The number of nitrogens with zero attached hydrogens (tertiary/aromatic N) is 2. The van der Waals surface area contributed by atoms with Crippen molar-refractivity contribution in [3.63, 3.8) is 0 Å². The normalized spacial score (nSPS) is 18.1. The summed E-state index contributed by atoms with van der Waals surface area (Å²) < 4.78 is 5.03. The summed E-state index contributed by atoms with van der Waals surface area (Å²) in [6.07, 6.45) is 7.44. The van der Waals surface area contributed by atoms with E-state index in [0.717, 1.165) is 42.9 Å². The molecule has 6 nitrogen and oxygen atoms in total. The highest BCUT2D eigenvalue weighted by molar-refractivity contribution is 7.13. The molecule has 1 aliphatic rings. The second-order valence-electron chi connectivity index (χ2n) is 6.03. The van der Waals surface area contributed by atoms with Gasteiger partial charge in [0.15, 0.2) is 0 Å². The van der Waals surface area contributed by atoms with Crippen LogP contribution in [0.5, 0.6) is 0 Å². The molecular weight excluding hydrogens is 326 g/mol. The molecule has 0 aliphatic carbocycles. The summed E-state index contributed by atoms with van der Waals surface area (Å²) in [6.45, 7) is 2.96. The van der Waals surface area contributed by atoms with E-state index in [0.29, 0.717) is 18.3 Å². The van der Waals surface area contributed by atoms with Crippen LogP contribution in [0.4, 0.5) is 0 Å². The molecule has 2 N–H and O–H groups in total. The van der Waals surface area contributed by atoms with Crippen LogP contribution in [0.3, 0.4) is 0 Å². The molecule has 3 rings (SSSR count). The minimum atomic E-state index is -0.129. The minimum absolute atomic E-state index is 0.129. The van der Waals surface area contributed by atoms with Gasteiger partial charge in [-0.25, -0.2) is 4.98 Å². The first kappa shape index (κ1) is 17.1. The van der Waals surface area contributed by atoms with E-state index in [2.05, 4.69) is 15.2 Å². The molecule has 0 radical (unpaired) electrons. The predicted molar refractivity (Wildman–Crippen MR) is 93.1 cm³/mol. The summed E-state index contributed by atoms with van der Waals surface area (Å²) >= 11 is 1.44. The lowest BCUT2D eigenvalue weighted by molar-refractivity contribution is 0.0948. The van der Waals surface area contributed by atoms with Gasteiger partial charge < -0.3 is 14.8 Å². The molecule has 7 heteroatoms. The highest BCUT2D eigenvalue weighted by Crippen LogP contribution is 2.23. The first-order valence-corrected chi connectivity index (χ1v) is 9.27. The third-order valence-electron chi connectivity index (χ3n) is 4.37. The Morgan fingerprint density at radius 2 is 2.42 bits per heavy atom. The first-order chi connectivity index (χ1) is 11.8.